The third kappa shape index (κ3) is 5.61. The van der Waals surface area contributed by atoms with Crippen molar-refractivity contribution in [2.24, 2.45) is 0 Å². The molecule has 2 aromatic carbocycles. The molecule has 0 radical (unpaired) electrons. The number of tetrazole rings is 1. The number of carbonyl (C=O) groups is 2. The van der Waals surface area contributed by atoms with Crippen LogP contribution in [0.2, 0.25) is 5.02 Å². The SMILES string of the molecule is Cc1nnn(Cc2cc(Cl)ccc2/C=C/C(=O)N2CCN(C(=O)c3ccc(F)cc3)CC2)n1. The Hall–Kier alpha value is -3.59. The molecule has 33 heavy (non-hydrogen) atoms. The van der Waals surface area contributed by atoms with E-state index in [1.165, 1.54) is 35.1 Å². The lowest BCUT2D eigenvalue weighted by atomic mass is 10.1. The molecule has 8 nitrogen and oxygen atoms in total. The number of aryl methyl sites for hydroxylation is 1. The Kier molecular flexibility index (Phi) is 6.79. The van der Waals surface area contributed by atoms with Gasteiger partial charge in [-0.05, 0) is 65.7 Å². The normalized spacial score (nSPS) is 14.2. The van der Waals surface area contributed by atoms with Gasteiger partial charge in [-0.1, -0.05) is 17.7 Å². The molecule has 10 heteroatoms. The maximum absolute atomic E-state index is 13.1. The summed E-state index contributed by atoms with van der Waals surface area (Å²) in [5, 5.41) is 12.6. The van der Waals surface area contributed by atoms with Crippen molar-refractivity contribution >= 4 is 29.5 Å². The summed E-state index contributed by atoms with van der Waals surface area (Å²) in [4.78, 5) is 30.1. The second-order valence-corrected chi connectivity index (χ2v) is 8.10. The van der Waals surface area contributed by atoms with Crippen molar-refractivity contribution in [1.82, 2.24) is 30.0 Å². The molecule has 1 aliphatic heterocycles. The van der Waals surface area contributed by atoms with Crippen molar-refractivity contribution in [3.63, 3.8) is 0 Å². The second kappa shape index (κ2) is 9.91. The van der Waals surface area contributed by atoms with Crippen LogP contribution in [0.15, 0.2) is 48.5 Å². The van der Waals surface area contributed by atoms with Crippen LogP contribution >= 0.6 is 11.6 Å². The van der Waals surface area contributed by atoms with E-state index in [1.54, 1.807) is 28.9 Å². The van der Waals surface area contributed by atoms with Crippen molar-refractivity contribution in [2.45, 2.75) is 13.5 Å². The standard InChI is InChI=1S/C23H22ClFN6O2/c1-16-26-28-31(27-16)15-19-14-20(24)6-2-17(19)5-9-22(32)29-10-12-30(13-11-29)23(33)18-3-7-21(25)8-4-18/h2-9,14H,10-13,15H2,1H3/b9-5+. The van der Waals surface area contributed by atoms with E-state index >= 15 is 0 Å². The third-order valence-corrected chi connectivity index (χ3v) is 5.58. The average molecular weight is 469 g/mol. The summed E-state index contributed by atoms with van der Waals surface area (Å²) < 4.78 is 13.1. The van der Waals surface area contributed by atoms with Gasteiger partial charge < -0.3 is 9.80 Å². The van der Waals surface area contributed by atoms with Gasteiger partial charge in [-0.2, -0.15) is 4.80 Å². The molecule has 0 atom stereocenters. The zero-order valence-corrected chi connectivity index (χ0v) is 18.7. The maximum atomic E-state index is 13.1. The molecule has 170 valence electrons. The van der Waals surface area contributed by atoms with E-state index < -0.39 is 0 Å². The quantitative estimate of drug-likeness (QED) is 0.538. The Labute approximate surface area is 195 Å². The molecular formula is C23H22ClFN6O2. The molecule has 0 bridgehead atoms. The topological polar surface area (TPSA) is 84.2 Å². The highest BCUT2D eigenvalue weighted by molar-refractivity contribution is 6.30. The van der Waals surface area contributed by atoms with E-state index in [-0.39, 0.29) is 17.6 Å². The van der Waals surface area contributed by atoms with Gasteiger partial charge in [0.15, 0.2) is 5.82 Å². The van der Waals surface area contributed by atoms with Crippen molar-refractivity contribution < 1.29 is 14.0 Å². The van der Waals surface area contributed by atoms with Gasteiger partial charge in [-0.3, -0.25) is 9.59 Å². The second-order valence-electron chi connectivity index (χ2n) is 7.67. The summed E-state index contributed by atoms with van der Waals surface area (Å²) in [5.41, 5.74) is 2.12. The van der Waals surface area contributed by atoms with Crippen LogP contribution in [0.4, 0.5) is 4.39 Å². The number of benzene rings is 2. The van der Waals surface area contributed by atoms with Crippen molar-refractivity contribution in [2.75, 3.05) is 26.2 Å². The highest BCUT2D eigenvalue weighted by atomic mass is 35.5. The minimum atomic E-state index is -0.384. The highest BCUT2D eigenvalue weighted by Gasteiger charge is 2.24. The van der Waals surface area contributed by atoms with Gasteiger partial charge in [0.05, 0.1) is 6.54 Å². The number of carbonyl (C=O) groups excluding carboxylic acids is 2. The van der Waals surface area contributed by atoms with Gasteiger partial charge in [0.2, 0.25) is 5.91 Å². The van der Waals surface area contributed by atoms with Crippen LogP contribution in [0.25, 0.3) is 6.08 Å². The smallest absolute Gasteiger partial charge is 0.253 e. The van der Waals surface area contributed by atoms with Crippen LogP contribution in [0, 0.1) is 12.7 Å². The van der Waals surface area contributed by atoms with Crippen LogP contribution in [0.3, 0.4) is 0 Å². The summed E-state index contributed by atoms with van der Waals surface area (Å²) >= 11 is 6.15. The lowest BCUT2D eigenvalue weighted by molar-refractivity contribution is -0.127. The Morgan fingerprint density at radius 1 is 1.06 bits per heavy atom. The minimum Gasteiger partial charge on any atom is -0.336 e. The van der Waals surface area contributed by atoms with Crippen LogP contribution in [0.5, 0.6) is 0 Å². The van der Waals surface area contributed by atoms with Gasteiger partial charge >= 0.3 is 0 Å². The number of nitrogens with zero attached hydrogens (tertiary/aromatic N) is 6. The summed E-state index contributed by atoms with van der Waals surface area (Å²) in [6.07, 6.45) is 3.26. The van der Waals surface area contributed by atoms with Crippen LogP contribution in [0.1, 0.15) is 27.3 Å². The number of hydrogen-bond donors (Lipinski definition) is 0. The first-order chi connectivity index (χ1) is 15.9. The Balaban J connectivity index is 1.37. The first kappa shape index (κ1) is 22.6. The molecule has 0 aliphatic carbocycles. The molecule has 2 heterocycles. The van der Waals surface area contributed by atoms with E-state index in [0.29, 0.717) is 49.1 Å². The van der Waals surface area contributed by atoms with Crippen LogP contribution in [-0.2, 0) is 11.3 Å². The number of aromatic nitrogens is 4. The number of halogens is 2. The number of hydrogen-bond acceptors (Lipinski definition) is 5. The fourth-order valence-corrected chi connectivity index (χ4v) is 3.78. The Morgan fingerprint density at radius 2 is 1.76 bits per heavy atom. The summed E-state index contributed by atoms with van der Waals surface area (Å²) in [6.45, 7) is 3.81. The van der Waals surface area contributed by atoms with Gasteiger partial charge in [-0.15, -0.1) is 10.2 Å². The third-order valence-electron chi connectivity index (χ3n) is 5.34. The molecule has 0 unspecified atom stereocenters. The molecule has 1 fully saturated rings. The molecule has 1 saturated heterocycles. The molecule has 3 aromatic rings. The van der Waals surface area contributed by atoms with Gasteiger partial charge in [0.25, 0.3) is 5.91 Å². The Bertz CT molecular complexity index is 1190. The largest absolute Gasteiger partial charge is 0.336 e. The van der Waals surface area contributed by atoms with Crippen LogP contribution < -0.4 is 0 Å². The van der Waals surface area contributed by atoms with E-state index in [1.807, 2.05) is 12.1 Å². The predicted octanol–water partition coefficient (Wildman–Crippen LogP) is 2.82. The first-order valence-corrected chi connectivity index (χ1v) is 10.8. The van der Waals surface area contributed by atoms with Crippen LogP contribution in [-0.4, -0.2) is 68.0 Å². The molecule has 0 saturated carbocycles. The van der Waals surface area contributed by atoms with Gasteiger partial charge in [-0.25, -0.2) is 4.39 Å². The van der Waals surface area contributed by atoms with Gasteiger partial charge in [0, 0.05) is 42.8 Å². The average Bonchev–Trinajstić information content (AvgIpc) is 3.23. The van der Waals surface area contributed by atoms with E-state index in [9.17, 15) is 14.0 Å². The molecule has 1 aromatic heterocycles. The lowest BCUT2D eigenvalue weighted by Gasteiger charge is -2.34. The number of amides is 2. The highest BCUT2D eigenvalue weighted by Crippen LogP contribution is 2.19. The summed E-state index contributed by atoms with van der Waals surface area (Å²) in [6, 6.07) is 10.9. The van der Waals surface area contributed by atoms with Crippen molar-refractivity contribution in [3.8, 4) is 0 Å². The van der Waals surface area contributed by atoms with E-state index in [4.69, 9.17) is 11.6 Å². The van der Waals surface area contributed by atoms with E-state index in [0.717, 1.165) is 11.1 Å². The monoisotopic (exact) mass is 468 g/mol. The predicted molar refractivity (Wildman–Crippen MR) is 121 cm³/mol. The molecule has 0 spiro atoms. The molecule has 0 N–H and O–H groups in total. The fourth-order valence-electron chi connectivity index (χ4n) is 3.59. The molecular weight excluding hydrogens is 447 g/mol. The lowest BCUT2D eigenvalue weighted by Crippen LogP contribution is -2.50. The number of rotatable bonds is 5. The maximum Gasteiger partial charge on any atom is 0.253 e. The summed E-state index contributed by atoms with van der Waals surface area (Å²) in [5.74, 6) is -0.119. The molecule has 2 amide bonds. The fraction of sp³-hybridized carbons (Fsp3) is 0.261. The van der Waals surface area contributed by atoms with Gasteiger partial charge in [0.1, 0.15) is 5.82 Å². The number of piperazine rings is 1. The van der Waals surface area contributed by atoms with E-state index in [2.05, 4.69) is 15.4 Å². The zero-order valence-electron chi connectivity index (χ0n) is 18.0. The molecule has 4 rings (SSSR count). The van der Waals surface area contributed by atoms with Crippen molar-refractivity contribution in [3.05, 3.63) is 81.9 Å². The van der Waals surface area contributed by atoms with Crippen molar-refractivity contribution in [1.29, 1.82) is 0 Å². The first-order valence-electron chi connectivity index (χ1n) is 10.4. The zero-order chi connectivity index (χ0) is 23.4. The Morgan fingerprint density at radius 3 is 2.42 bits per heavy atom. The minimum absolute atomic E-state index is 0.139. The molecule has 1 aliphatic rings. The summed E-state index contributed by atoms with van der Waals surface area (Å²) in [7, 11) is 0.